The second-order valence-corrected chi connectivity index (χ2v) is 4.21. The molecule has 1 aliphatic rings. The standard InChI is InChI=1S/C12H11F3N2/c13-12(14,15)11-10-7-8-3-1-2-4-9(8)17(10)6-5-16-11/h1-4,7,11,16H,5-6H2. The van der Waals surface area contributed by atoms with Gasteiger partial charge in [-0.1, -0.05) is 18.2 Å². The van der Waals surface area contributed by atoms with E-state index in [-0.39, 0.29) is 0 Å². The van der Waals surface area contributed by atoms with Gasteiger partial charge in [0.2, 0.25) is 0 Å². The molecular formula is C12H11F3N2. The molecule has 2 aromatic rings. The average Bonchev–Trinajstić information content (AvgIpc) is 2.65. The van der Waals surface area contributed by atoms with Crippen LogP contribution in [-0.4, -0.2) is 17.3 Å². The molecule has 1 aromatic carbocycles. The third-order valence-electron chi connectivity index (χ3n) is 3.15. The highest BCUT2D eigenvalue weighted by Gasteiger charge is 2.43. The zero-order valence-corrected chi connectivity index (χ0v) is 8.96. The largest absolute Gasteiger partial charge is 0.409 e. The number of nitrogens with zero attached hydrogens (tertiary/aromatic N) is 1. The van der Waals surface area contributed by atoms with E-state index in [0.29, 0.717) is 18.8 Å². The quantitative estimate of drug-likeness (QED) is 0.749. The Balaban J connectivity index is 2.21. The zero-order chi connectivity index (χ0) is 12.0. The maximum absolute atomic E-state index is 12.9. The van der Waals surface area contributed by atoms with Crippen LogP contribution in [0.25, 0.3) is 10.9 Å². The Hall–Kier alpha value is -1.49. The van der Waals surface area contributed by atoms with Gasteiger partial charge in [-0.3, -0.25) is 5.32 Å². The van der Waals surface area contributed by atoms with Crippen molar-refractivity contribution in [2.75, 3.05) is 6.54 Å². The lowest BCUT2D eigenvalue weighted by molar-refractivity contribution is -0.161. The predicted octanol–water partition coefficient (Wildman–Crippen LogP) is 2.85. The molecule has 5 heteroatoms. The fraction of sp³-hybridized carbons (Fsp3) is 0.333. The number of halogens is 3. The van der Waals surface area contributed by atoms with Crippen LogP contribution in [0, 0.1) is 0 Å². The van der Waals surface area contributed by atoms with Gasteiger partial charge >= 0.3 is 6.18 Å². The average molecular weight is 240 g/mol. The molecule has 2 nitrogen and oxygen atoms in total. The van der Waals surface area contributed by atoms with Crippen molar-refractivity contribution >= 4 is 10.9 Å². The molecule has 0 saturated heterocycles. The molecule has 2 heterocycles. The van der Waals surface area contributed by atoms with Gasteiger partial charge in [0.15, 0.2) is 0 Å². The van der Waals surface area contributed by atoms with Crippen molar-refractivity contribution in [1.82, 2.24) is 9.88 Å². The Morgan fingerprint density at radius 3 is 2.76 bits per heavy atom. The van der Waals surface area contributed by atoms with E-state index in [0.717, 1.165) is 10.9 Å². The molecular weight excluding hydrogens is 229 g/mol. The summed E-state index contributed by atoms with van der Waals surface area (Å²) in [4.78, 5) is 0. The molecule has 1 aromatic heterocycles. The second kappa shape index (κ2) is 3.50. The first-order valence-electron chi connectivity index (χ1n) is 5.45. The lowest BCUT2D eigenvalue weighted by Crippen LogP contribution is -2.41. The molecule has 1 atom stereocenters. The minimum atomic E-state index is -4.24. The molecule has 1 N–H and O–H groups in total. The molecule has 0 amide bonds. The van der Waals surface area contributed by atoms with E-state index >= 15 is 0 Å². The fourth-order valence-electron chi connectivity index (χ4n) is 2.43. The molecule has 17 heavy (non-hydrogen) atoms. The normalized spacial score (nSPS) is 20.5. The van der Waals surface area contributed by atoms with Crippen LogP contribution in [0.2, 0.25) is 0 Å². The summed E-state index contributed by atoms with van der Waals surface area (Å²) in [5.74, 6) is 0. The van der Waals surface area contributed by atoms with E-state index in [1.807, 2.05) is 24.3 Å². The van der Waals surface area contributed by atoms with Crippen LogP contribution in [0.3, 0.4) is 0 Å². The second-order valence-electron chi connectivity index (χ2n) is 4.21. The lowest BCUT2D eigenvalue weighted by Gasteiger charge is -2.28. The van der Waals surface area contributed by atoms with E-state index in [2.05, 4.69) is 5.32 Å². The van der Waals surface area contributed by atoms with Crippen molar-refractivity contribution in [1.29, 1.82) is 0 Å². The van der Waals surface area contributed by atoms with Crippen molar-refractivity contribution in [2.45, 2.75) is 18.8 Å². The summed E-state index contributed by atoms with van der Waals surface area (Å²) in [6, 6.07) is 7.46. The summed E-state index contributed by atoms with van der Waals surface area (Å²) in [5, 5.41) is 3.39. The minimum absolute atomic E-state index is 0.310. The van der Waals surface area contributed by atoms with Crippen molar-refractivity contribution in [3.63, 3.8) is 0 Å². The van der Waals surface area contributed by atoms with Gasteiger partial charge in [0, 0.05) is 24.3 Å². The van der Waals surface area contributed by atoms with E-state index < -0.39 is 12.2 Å². The first-order valence-corrected chi connectivity index (χ1v) is 5.45. The first-order chi connectivity index (χ1) is 8.07. The monoisotopic (exact) mass is 240 g/mol. The molecule has 0 saturated carbocycles. The molecule has 1 unspecified atom stereocenters. The number of fused-ring (bicyclic) bond motifs is 3. The van der Waals surface area contributed by atoms with Crippen LogP contribution in [0.15, 0.2) is 30.3 Å². The summed E-state index contributed by atoms with van der Waals surface area (Å²) in [6.07, 6.45) is -4.24. The van der Waals surface area contributed by atoms with Gasteiger partial charge in [-0.25, -0.2) is 0 Å². The Kier molecular flexibility index (Phi) is 2.19. The molecule has 0 aliphatic carbocycles. The first kappa shape index (κ1) is 10.7. The van der Waals surface area contributed by atoms with Crippen LogP contribution < -0.4 is 5.32 Å². The number of alkyl halides is 3. The van der Waals surface area contributed by atoms with Crippen molar-refractivity contribution in [2.24, 2.45) is 0 Å². The van der Waals surface area contributed by atoms with Gasteiger partial charge in [0.25, 0.3) is 0 Å². The highest BCUT2D eigenvalue weighted by Crippen LogP contribution is 2.37. The summed E-state index contributed by atoms with van der Waals surface area (Å²) in [6.45, 7) is 0.922. The third-order valence-corrected chi connectivity index (χ3v) is 3.15. The molecule has 0 bridgehead atoms. The Bertz CT molecular complexity index is 556. The number of hydrogen-bond acceptors (Lipinski definition) is 1. The topological polar surface area (TPSA) is 17.0 Å². The molecule has 0 radical (unpaired) electrons. The third kappa shape index (κ3) is 1.61. The number of rotatable bonds is 0. The Morgan fingerprint density at radius 1 is 1.24 bits per heavy atom. The van der Waals surface area contributed by atoms with Crippen LogP contribution in [-0.2, 0) is 6.54 Å². The predicted molar refractivity (Wildman–Crippen MR) is 58.7 cm³/mol. The molecule has 0 fully saturated rings. The molecule has 90 valence electrons. The fourth-order valence-corrected chi connectivity index (χ4v) is 2.43. The van der Waals surface area contributed by atoms with Gasteiger partial charge in [-0.15, -0.1) is 0 Å². The smallest absolute Gasteiger partial charge is 0.341 e. The Labute approximate surface area is 96.0 Å². The van der Waals surface area contributed by atoms with Crippen molar-refractivity contribution < 1.29 is 13.2 Å². The van der Waals surface area contributed by atoms with Crippen LogP contribution in [0.5, 0.6) is 0 Å². The number of benzene rings is 1. The van der Waals surface area contributed by atoms with Gasteiger partial charge in [0.05, 0.1) is 0 Å². The highest BCUT2D eigenvalue weighted by atomic mass is 19.4. The number of hydrogen-bond donors (Lipinski definition) is 1. The number of aromatic nitrogens is 1. The Morgan fingerprint density at radius 2 is 2.00 bits per heavy atom. The van der Waals surface area contributed by atoms with Gasteiger partial charge in [-0.05, 0) is 17.5 Å². The van der Waals surface area contributed by atoms with E-state index in [1.165, 1.54) is 0 Å². The van der Waals surface area contributed by atoms with Gasteiger partial charge in [-0.2, -0.15) is 13.2 Å². The van der Waals surface area contributed by atoms with Gasteiger partial charge < -0.3 is 4.57 Å². The molecule has 1 aliphatic heterocycles. The van der Waals surface area contributed by atoms with Gasteiger partial charge in [0.1, 0.15) is 6.04 Å². The zero-order valence-electron chi connectivity index (χ0n) is 8.96. The molecule has 3 rings (SSSR count). The summed E-state index contributed by atoms with van der Waals surface area (Å²) in [5.41, 5.74) is 1.18. The maximum atomic E-state index is 12.9. The summed E-state index contributed by atoms with van der Waals surface area (Å²) < 4.78 is 40.4. The number of para-hydroxylation sites is 1. The summed E-state index contributed by atoms with van der Waals surface area (Å²) >= 11 is 0. The van der Waals surface area contributed by atoms with E-state index in [1.54, 1.807) is 10.6 Å². The highest BCUT2D eigenvalue weighted by molar-refractivity contribution is 5.81. The number of nitrogens with one attached hydrogen (secondary N) is 1. The van der Waals surface area contributed by atoms with E-state index in [4.69, 9.17) is 0 Å². The SMILES string of the molecule is FC(F)(F)C1NCCn2c1cc1ccccc12. The lowest BCUT2D eigenvalue weighted by atomic mass is 10.1. The minimum Gasteiger partial charge on any atom is -0.341 e. The van der Waals surface area contributed by atoms with Crippen molar-refractivity contribution in [3.05, 3.63) is 36.0 Å². The van der Waals surface area contributed by atoms with Crippen LogP contribution in [0.4, 0.5) is 13.2 Å². The van der Waals surface area contributed by atoms with Crippen LogP contribution >= 0.6 is 0 Å². The van der Waals surface area contributed by atoms with Crippen LogP contribution in [0.1, 0.15) is 11.7 Å². The molecule has 0 spiro atoms. The van der Waals surface area contributed by atoms with Crippen molar-refractivity contribution in [3.8, 4) is 0 Å². The summed E-state index contributed by atoms with van der Waals surface area (Å²) in [7, 11) is 0. The maximum Gasteiger partial charge on any atom is 0.409 e. The van der Waals surface area contributed by atoms with E-state index in [9.17, 15) is 13.2 Å².